The summed E-state index contributed by atoms with van der Waals surface area (Å²) in [5.74, 6) is 4.42. The number of phenolic OH excluding ortho intramolecular Hbond substituents is 4. The molecule has 0 amide bonds. The molecule has 0 fully saturated rings. The highest BCUT2D eigenvalue weighted by Gasteiger charge is 2.11. The van der Waals surface area contributed by atoms with Crippen molar-refractivity contribution in [3.05, 3.63) is 172 Å². The minimum Gasteiger partial charge on any atom is -0.508 e. The van der Waals surface area contributed by atoms with Crippen LogP contribution in [0, 0.1) is 0 Å². The maximum atomic E-state index is 12.6. The van der Waals surface area contributed by atoms with E-state index in [1.165, 1.54) is 63.5 Å². The van der Waals surface area contributed by atoms with Gasteiger partial charge in [-0.2, -0.15) is 0 Å². The zero-order valence-electron chi connectivity index (χ0n) is 28.3. The maximum absolute atomic E-state index is 12.6. The average molecular weight is 776 g/mol. The van der Waals surface area contributed by atoms with Crippen LogP contribution in [-0.4, -0.2) is 67.1 Å². The third-order valence-corrected chi connectivity index (χ3v) is 7.41. The highest BCUT2D eigenvalue weighted by Crippen LogP contribution is 2.26. The molecule has 0 saturated carbocycles. The molecular weight excluding hydrogens is 741 g/mol. The van der Waals surface area contributed by atoms with Gasteiger partial charge in [-0.3, -0.25) is 18.7 Å². The molecule has 0 aliphatic carbocycles. The molecule has 0 aliphatic heterocycles. The number of aromatic hydroxyl groups is 4. The largest absolute Gasteiger partial charge is 0.508 e. The van der Waals surface area contributed by atoms with Gasteiger partial charge in [-0.15, -0.1) is 19.7 Å². The van der Waals surface area contributed by atoms with Gasteiger partial charge in [0.15, 0.2) is 0 Å². The topological polar surface area (TPSA) is 186 Å². The van der Waals surface area contributed by atoms with E-state index in [2.05, 4.69) is 42.2 Å². The Morgan fingerprint density at radius 2 is 0.849 bits per heavy atom. The minimum absolute atomic E-state index is 0.104. The summed E-state index contributed by atoms with van der Waals surface area (Å²) in [5, 5.41) is 63.0. The van der Waals surface area contributed by atoms with Crippen LogP contribution in [-0.2, 0) is 0 Å². The Balaban J connectivity index is 0.000000282. The Morgan fingerprint density at radius 1 is 0.509 bits per heavy atom. The molecule has 6 aromatic rings. The Bertz CT molecular complexity index is 2260. The zero-order valence-corrected chi connectivity index (χ0v) is 29.9. The summed E-state index contributed by atoms with van der Waals surface area (Å²) < 4.78 is 3.69. The molecule has 0 aliphatic rings. The summed E-state index contributed by atoms with van der Waals surface area (Å²) in [4.78, 5) is 25.1. The summed E-state index contributed by atoms with van der Waals surface area (Å²) in [5.41, 5.74) is 1.67. The van der Waals surface area contributed by atoms with E-state index in [-0.39, 0.29) is 34.1 Å². The van der Waals surface area contributed by atoms with Crippen molar-refractivity contribution in [2.45, 2.75) is 0 Å². The van der Waals surface area contributed by atoms with Crippen molar-refractivity contribution < 1.29 is 35.5 Å². The predicted octanol–water partition coefficient (Wildman–Crippen LogP) is 5.43. The van der Waals surface area contributed by atoms with Crippen LogP contribution in [0.3, 0.4) is 0 Å². The van der Waals surface area contributed by atoms with E-state index >= 15 is 0 Å². The van der Waals surface area contributed by atoms with Crippen LogP contribution in [0.5, 0.6) is 23.0 Å². The van der Waals surface area contributed by atoms with E-state index in [9.17, 15) is 30.0 Å². The van der Waals surface area contributed by atoms with E-state index in [0.717, 1.165) is 28.0 Å². The molecule has 4 aromatic carbocycles. The van der Waals surface area contributed by atoms with E-state index in [4.69, 9.17) is 15.1 Å². The minimum atomic E-state index is -0.193. The number of benzene rings is 4. The van der Waals surface area contributed by atoms with E-state index < -0.39 is 0 Å². The number of pyridine rings is 2. The number of hydrogen-bond donors (Lipinski definition) is 7. The lowest BCUT2D eigenvalue weighted by Gasteiger charge is -2.10. The van der Waals surface area contributed by atoms with Gasteiger partial charge >= 0.3 is 22.4 Å². The quantitative estimate of drug-likeness (QED) is 0.108. The summed E-state index contributed by atoms with van der Waals surface area (Å²) in [6.45, 7) is 13.3. The second-order valence-corrected chi connectivity index (χ2v) is 11.1. The fourth-order valence-electron chi connectivity index (χ4n) is 4.41. The molecule has 53 heavy (non-hydrogen) atoms. The summed E-state index contributed by atoms with van der Waals surface area (Å²) in [6, 6.07) is 22.0. The fourth-order valence-corrected chi connectivity index (χ4v) is 4.95. The summed E-state index contributed by atoms with van der Waals surface area (Å²) in [6.07, 6.45) is 4.96. The van der Waals surface area contributed by atoms with Gasteiger partial charge in [0.2, 0.25) is 0 Å². The molecule has 2 heterocycles. The summed E-state index contributed by atoms with van der Waals surface area (Å²) in [7, 11) is 2.67. The Morgan fingerprint density at radius 3 is 1.23 bits per heavy atom. The van der Waals surface area contributed by atoms with Gasteiger partial charge in [0.1, 0.15) is 23.0 Å². The van der Waals surface area contributed by atoms with Crippen molar-refractivity contribution in [3.63, 3.8) is 0 Å². The first kappa shape index (κ1) is 43.2. The van der Waals surface area contributed by atoms with Crippen molar-refractivity contribution in [1.29, 1.82) is 0 Å². The van der Waals surface area contributed by atoms with Crippen molar-refractivity contribution >= 4 is 66.0 Å². The number of fused-ring (bicyclic) bond motifs is 2. The van der Waals surface area contributed by atoms with Crippen LogP contribution in [0.15, 0.2) is 156 Å². The number of hydrogen-bond acceptors (Lipinski definition) is 9. The van der Waals surface area contributed by atoms with Gasteiger partial charge in [-0.05, 0) is 112 Å². The molecule has 2 aromatic heterocycles. The average Bonchev–Trinajstić information content (AvgIpc) is 3.17. The van der Waals surface area contributed by atoms with Gasteiger partial charge in [0.05, 0.1) is 0 Å². The zero-order chi connectivity index (χ0) is 39.5. The monoisotopic (exact) mass is 775 g/mol. The Labute approximate surface area is 316 Å². The van der Waals surface area contributed by atoms with Crippen LogP contribution in [0.4, 0.5) is 0 Å². The van der Waals surface area contributed by atoms with Crippen LogP contribution in [0.2, 0.25) is 0 Å². The molecule has 267 valence electrons. The van der Waals surface area contributed by atoms with Crippen LogP contribution < -0.4 is 11.1 Å². The number of nitrogens with zero attached hydrogens (tertiary/aromatic N) is 2. The number of phenols is 4. The molecule has 0 bridgehead atoms. The van der Waals surface area contributed by atoms with Crippen LogP contribution >= 0.6 is 15.9 Å². The Kier molecular flexibility index (Phi) is 18.0. The van der Waals surface area contributed by atoms with Crippen LogP contribution in [0.25, 0.3) is 39.0 Å². The molecule has 7 N–H and O–H groups in total. The fraction of sp³-hybridized carbons (Fsp3) is 0. The lowest BCUT2D eigenvalue weighted by molar-refractivity contribution is 0.474. The molecule has 15 heteroatoms. The second kappa shape index (κ2) is 22.1. The number of rotatable bonds is 6. The van der Waals surface area contributed by atoms with E-state index in [0.29, 0.717) is 37.4 Å². The SMILES string of the molecule is C=C[B]O.C=C[B]O.C=C[B]O.C=Cc1cn(-c2ccc(O)cc2)c(=O)c2ccc(O)cc12.O=c1c2ccc(O)cc2c(Br)cn1-c1ccc(O)cc1. The molecule has 0 saturated heterocycles. The van der Waals surface area contributed by atoms with Crippen molar-refractivity contribution in [1.82, 2.24) is 9.13 Å². The van der Waals surface area contributed by atoms with E-state index in [1.54, 1.807) is 67.0 Å². The molecule has 11 nitrogen and oxygen atoms in total. The van der Waals surface area contributed by atoms with Gasteiger partial charge in [-0.25, -0.2) is 0 Å². The van der Waals surface area contributed by atoms with E-state index in [1.807, 2.05) is 0 Å². The lowest BCUT2D eigenvalue weighted by atomic mass is 10.1. The first-order chi connectivity index (χ1) is 25.4. The van der Waals surface area contributed by atoms with Crippen molar-refractivity contribution in [2.75, 3.05) is 0 Å². The lowest BCUT2D eigenvalue weighted by Crippen LogP contribution is -2.18. The molecule has 0 spiro atoms. The maximum Gasteiger partial charge on any atom is 0.317 e. The third-order valence-electron chi connectivity index (χ3n) is 6.78. The molecule has 0 unspecified atom stereocenters. The highest BCUT2D eigenvalue weighted by molar-refractivity contribution is 9.10. The van der Waals surface area contributed by atoms with Crippen molar-refractivity contribution in [3.8, 4) is 34.4 Å². The van der Waals surface area contributed by atoms with Crippen molar-refractivity contribution in [2.24, 2.45) is 0 Å². The molecule has 6 rings (SSSR count). The molecule has 0 atom stereocenters. The van der Waals surface area contributed by atoms with Gasteiger partial charge < -0.3 is 35.5 Å². The predicted molar refractivity (Wildman–Crippen MR) is 218 cm³/mol. The smallest absolute Gasteiger partial charge is 0.317 e. The standard InChI is InChI=1S/C17H13NO3.C15H10BrNO3.3C2H4BO/c1-2-11-10-18(12-3-5-13(19)6-4-12)17(21)15-8-7-14(20)9-16(11)15;16-14-8-17(9-1-3-10(18)4-2-9)15(20)12-6-5-11(19)7-13(12)14;3*1-2-3-4/h2-10,19-20H,1H2;1-8,18-19H;3*2,4H,1H2. The normalized spacial score (nSPS) is 9.51. The first-order valence-corrected chi connectivity index (χ1v) is 16.1. The first-order valence-electron chi connectivity index (χ1n) is 15.3. The molecule has 3 radical (unpaired) electrons. The van der Waals surface area contributed by atoms with Crippen LogP contribution in [0.1, 0.15) is 5.56 Å². The summed E-state index contributed by atoms with van der Waals surface area (Å²) >= 11 is 3.41. The van der Waals surface area contributed by atoms with Gasteiger partial charge in [-0.1, -0.05) is 30.6 Å². The third kappa shape index (κ3) is 12.3. The Hall–Kier alpha value is -5.99. The van der Waals surface area contributed by atoms with Gasteiger partial charge in [0, 0.05) is 44.4 Å². The highest BCUT2D eigenvalue weighted by atomic mass is 79.9. The number of halogens is 1. The van der Waals surface area contributed by atoms with Gasteiger partial charge in [0.25, 0.3) is 11.1 Å². The second-order valence-electron chi connectivity index (χ2n) is 10.3. The molecular formula is C38H35B3BrN2O9. The number of aromatic nitrogens is 2.